The molecule has 0 aliphatic rings. The maximum absolute atomic E-state index is 11.7. The zero-order chi connectivity index (χ0) is 11.1. The second-order valence-corrected chi connectivity index (χ2v) is 3.50. The summed E-state index contributed by atoms with van der Waals surface area (Å²) in [5, 5.41) is 0. The van der Waals surface area contributed by atoms with Crippen molar-refractivity contribution in [3.63, 3.8) is 0 Å². The second kappa shape index (κ2) is 6.23. The molecule has 0 bridgehead atoms. The highest BCUT2D eigenvalue weighted by molar-refractivity contribution is 5.78. The zero-order valence-electron chi connectivity index (χ0n) is 9.40. The Morgan fingerprint density at radius 3 is 2.47 bits per heavy atom. The highest BCUT2D eigenvalue weighted by Gasteiger charge is 2.20. The standard InChI is InChI=1S/C13H18O2/c1-3-8-12(13(14)15-4-2)11-9-6-5-7-10-11/h5-7,9-10,12H,3-4,8H2,1-2H3. The molecule has 2 heteroatoms. The topological polar surface area (TPSA) is 26.3 Å². The molecule has 0 fully saturated rings. The lowest BCUT2D eigenvalue weighted by Crippen LogP contribution is -2.15. The predicted molar refractivity (Wildman–Crippen MR) is 60.7 cm³/mol. The van der Waals surface area contributed by atoms with Gasteiger partial charge in [0.25, 0.3) is 0 Å². The van der Waals surface area contributed by atoms with Crippen LogP contribution in [0.3, 0.4) is 0 Å². The number of carbonyl (C=O) groups is 1. The Labute approximate surface area is 91.3 Å². The van der Waals surface area contributed by atoms with Crippen LogP contribution in [0.1, 0.15) is 38.2 Å². The molecule has 0 saturated heterocycles. The first kappa shape index (κ1) is 11.8. The van der Waals surface area contributed by atoms with E-state index in [1.165, 1.54) is 0 Å². The molecule has 1 aromatic carbocycles. The molecule has 0 amide bonds. The van der Waals surface area contributed by atoms with Crippen molar-refractivity contribution < 1.29 is 9.53 Å². The summed E-state index contributed by atoms with van der Waals surface area (Å²) < 4.78 is 5.07. The van der Waals surface area contributed by atoms with Crippen LogP contribution >= 0.6 is 0 Å². The maximum atomic E-state index is 11.7. The molecule has 2 nitrogen and oxygen atoms in total. The van der Waals surface area contributed by atoms with Crippen LogP contribution in [0.15, 0.2) is 30.3 Å². The summed E-state index contributed by atoms with van der Waals surface area (Å²) in [4.78, 5) is 11.7. The molecule has 0 saturated carbocycles. The second-order valence-electron chi connectivity index (χ2n) is 3.50. The normalized spacial score (nSPS) is 12.1. The molecule has 0 N–H and O–H groups in total. The molecule has 1 atom stereocenters. The zero-order valence-corrected chi connectivity index (χ0v) is 9.40. The van der Waals surface area contributed by atoms with E-state index in [9.17, 15) is 4.79 Å². The van der Waals surface area contributed by atoms with Gasteiger partial charge in [0, 0.05) is 0 Å². The summed E-state index contributed by atoms with van der Waals surface area (Å²) in [7, 11) is 0. The van der Waals surface area contributed by atoms with Crippen LogP contribution in [-0.4, -0.2) is 12.6 Å². The quantitative estimate of drug-likeness (QED) is 0.692. The van der Waals surface area contributed by atoms with Crippen molar-refractivity contribution in [2.24, 2.45) is 0 Å². The summed E-state index contributed by atoms with van der Waals surface area (Å²) in [6.45, 7) is 4.37. The van der Waals surface area contributed by atoms with Gasteiger partial charge in [-0.1, -0.05) is 43.7 Å². The molecular weight excluding hydrogens is 188 g/mol. The van der Waals surface area contributed by atoms with Crippen LogP contribution in [0.25, 0.3) is 0 Å². The molecule has 0 aliphatic heterocycles. The SMILES string of the molecule is CCCC(C(=O)OCC)c1ccccc1. The van der Waals surface area contributed by atoms with Crippen molar-refractivity contribution in [1.29, 1.82) is 0 Å². The molecule has 82 valence electrons. The van der Waals surface area contributed by atoms with E-state index in [0.29, 0.717) is 6.61 Å². The summed E-state index contributed by atoms with van der Waals surface area (Å²) in [6.07, 6.45) is 1.83. The number of esters is 1. The minimum absolute atomic E-state index is 0.101. The van der Waals surface area contributed by atoms with Gasteiger partial charge in [-0.2, -0.15) is 0 Å². The van der Waals surface area contributed by atoms with Gasteiger partial charge in [-0.15, -0.1) is 0 Å². The van der Waals surface area contributed by atoms with Crippen molar-refractivity contribution in [3.8, 4) is 0 Å². The number of rotatable bonds is 5. The molecule has 0 spiro atoms. The van der Waals surface area contributed by atoms with Crippen LogP contribution in [0.5, 0.6) is 0 Å². The van der Waals surface area contributed by atoms with E-state index in [1.54, 1.807) is 0 Å². The van der Waals surface area contributed by atoms with Crippen molar-refractivity contribution in [2.45, 2.75) is 32.6 Å². The van der Waals surface area contributed by atoms with Crippen LogP contribution in [0.2, 0.25) is 0 Å². The lowest BCUT2D eigenvalue weighted by Gasteiger charge is -2.14. The summed E-state index contributed by atoms with van der Waals surface area (Å²) in [6, 6.07) is 9.83. The molecule has 1 rings (SSSR count). The lowest BCUT2D eigenvalue weighted by molar-refractivity contribution is -0.145. The first-order chi connectivity index (χ1) is 7.29. The Bertz CT molecular complexity index is 293. The smallest absolute Gasteiger partial charge is 0.313 e. The number of carbonyl (C=O) groups excluding carboxylic acids is 1. The van der Waals surface area contributed by atoms with Crippen LogP contribution in [-0.2, 0) is 9.53 Å². The predicted octanol–water partition coefficient (Wildman–Crippen LogP) is 3.13. The Kier molecular flexibility index (Phi) is 4.88. The van der Waals surface area contributed by atoms with Gasteiger partial charge in [0.05, 0.1) is 12.5 Å². The van der Waals surface area contributed by atoms with Crippen LogP contribution < -0.4 is 0 Å². The number of ether oxygens (including phenoxy) is 1. The van der Waals surface area contributed by atoms with Gasteiger partial charge < -0.3 is 4.74 Å². The maximum Gasteiger partial charge on any atom is 0.313 e. The van der Waals surface area contributed by atoms with Gasteiger partial charge in [0.15, 0.2) is 0 Å². The first-order valence-corrected chi connectivity index (χ1v) is 5.51. The fourth-order valence-electron chi connectivity index (χ4n) is 1.64. The van der Waals surface area contributed by atoms with E-state index in [-0.39, 0.29) is 11.9 Å². The Balaban J connectivity index is 2.78. The molecule has 15 heavy (non-hydrogen) atoms. The first-order valence-electron chi connectivity index (χ1n) is 5.51. The third-order valence-corrected chi connectivity index (χ3v) is 2.35. The lowest BCUT2D eigenvalue weighted by atomic mass is 9.95. The van der Waals surface area contributed by atoms with Crippen LogP contribution in [0, 0.1) is 0 Å². The van der Waals surface area contributed by atoms with Gasteiger partial charge in [-0.05, 0) is 18.9 Å². The highest BCUT2D eigenvalue weighted by Crippen LogP contribution is 2.22. The monoisotopic (exact) mass is 206 g/mol. The van der Waals surface area contributed by atoms with Gasteiger partial charge in [-0.3, -0.25) is 4.79 Å². The minimum atomic E-state index is -0.106. The molecule has 1 unspecified atom stereocenters. The van der Waals surface area contributed by atoms with E-state index >= 15 is 0 Å². The Morgan fingerprint density at radius 2 is 1.93 bits per heavy atom. The largest absolute Gasteiger partial charge is 0.466 e. The Hall–Kier alpha value is -1.31. The van der Waals surface area contributed by atoms with Gasteiger partial charge in [0.1, 0.15) is 0 Å². The molecule has 0 aromatic heterocycles. The summed E-state index contributed by atoms with van der Waals surface area (Å²) in [5.41, 5.74) is 1.05. The Morgan fingerprint density at radius 1 is 1.27 bits per heavy atom. The fraction of sp³-hybridized carbons (Fsp3) is 0.462. The minimum Gasteiger partial charge on any atom is -0.466 e. The van der Waals surface area contributed by atoms with E-state index in [1.807, 2.05) is 37.3 Å². The molecule has 0 heterocycles. The van der Waals surface area contributed by atoms with Crippen LogP contribution in [0.4, 0.5) is 0 Å². The summed E-state index contributed by atoms with van der Waals surface area (Å²) >= 11 is 0. The van der Waals surface area contributed by atoms with Crippen molar-refractivity contribution in [3.05, 3.63) is 35.9 Å². The summed E-state index contributed by atoms with van der Waals surface area (Å²) in [5.74, 6) is -0.207. The molecular formula is C13H18O2. The highest BCUT2D eigenvalue weighted by atomic mass is 16.5. The fourth-order valence-corrected chi connectivity index (χ4v) is 1.64. The molecule has 0 aliphatic carbocycles. The third-order valence-electron chi connectivity index (χ3n) is 2.35. The van der Waals surface area contributed by atoms with Gasteiger partial charge in [-0.25, -0.2) is 0 Å². The van der Waals surface area contributed by atoms with E-state index in [2.05, 4.69) is 6.92 Å². The van der Waals surface area contributed by atoms with Crippen molar-refractivity contribution >= 4 is 5.97 Å². The number of hydrogen-bond acceptors (Lipinski definition) is 2. The third kappa shape index (κ3) is 3.39. The number of benzene rings is 1. The average molecular weight is 206 g/mol. The van der Waals surface area contributed by atoms with E-state index < -0.39 is 0 Å². The van der Waals surface area contributed by atoms with Crippen molar-refractivity contribution in [1.82, 2.24) is 0 Å². The van der Waals surface area contributed by atoms with E-state index in [0.717, 1.165) is 18.4 Å². The van der Waals surface area contributed by atoms with Gasteiger partial charge in [0.2, 0.25) is 0 Å². The average Bonchev–Trinajstić information content (AvgIpc) is 2.27. The molecule has 1 aromatic rings. The van der Waals surface area contributed by atoms with Gasteiger partial charge >= 0.3 is 5.97 Å². The van der Waals surface area contributed by atoms with Crippen molar-refractivity contribution in [2.75, 3.05) is 6.61 Å². The molecule has 0 radical (unpaired) electrons. The van der Waals surface area contributed by atoms with E-state index in [4.69, 9.17) is 4.74 Å². The number of hydrogen-bond donors (Lipinski definition) is 0.